The van der Waals surface area contributed by atoms with Crippen molar-refractivity contribution in [3.8, 4) is 0 Å². The highest BCUT2D eigenvalue weighted by atomic mass is 32.2. The van der Waals surface area contributed by atoms with Gasteiger partial charge in [-0.1, -0.05) is 112 Å². The zero-order chi connectivity index (χ0) is 49.2. The van der Waals surface area contributed by atoms with Crippen LogP contribution in [0.25, 0.3) is 9.40 Å². The van der Waals surface area contributed by atoms with E-state index < -0.39 is 34.9 Å². The summed E-state index contributed by atoms with van der Waals surface area (Å²) in [6.45, 7) is 12.0. The fraction of sp³-hybridized carbons (Fsp3) is 0.346. The van der Waals surface area contributed by atoms with Gasteiger partial charge in [0.25, 0.3) is 11.1 Å². The molecular formula is C52H50N6O8S4. The second-order valence-electron chi connectivity index (χ2n) is 19.4. The van der Waals surface area contributed by atoms with E-state index in [1.54, 1.807) is 13.8 Å². The maximum Gasteiger partial charge on any atom is 0.348 e. The SMILES string of the molecule is CCOC(=O)c1sc2sc(C(=O)OCC)c(CSc3nc4c(c(=O)[nH]3)C(c3ccccc3)C3=C(CC(C)(C)CC3=O)N4)c2c1CSc1nc2c(c(=O)[nH]1)C(c1ccccc1)C1=C(CC(C)(C)CC1=O)N2. The Morgan fingerprint density at radius 2 is 1.03 bits per heavy atom. The van der Waals surface area contributed by atoms with E-state index in [0.29, 0.717) is 89.9 Å². The van der Waals surface area contributed by atoms with E-state index in [2.05, 4.69) is 48.3 Å². The summed E-state index contributed by atoms with van der Waals surface area (Å²) in [5, 5.41) is 8.04. The molecule has 2 aromatic carbocycles. The quantitative estimate of drug-likeness (QED) is 0.0512. The van der Waals surface area contributed by atoms with E-state index in [-0.39, 0.29) is 57.4 Å². The number of thiophene rings is 2. The predicted octanol–water partition coefficient (Wildman–Crippen LogP) is 10.5. The lowest BCUT2D eigenvalue weighted by atomic mass is 9.69. The highest BCUT2D eigenvalue weighted by Gasteiger charge is 2.44. The van der Waals surface area contributed by atoms with Crippen molar-refractivity contribution in [3.05, 3.63) is 147 Å². The molecule has 4 N–H and O–H groups in total. The average molecular weight is 1020 g/mol. The summed E-state index contributed by atoms with van der Waals surface area (Å²) < 4.78 is 11.8. The number of hydrogen-bond donors (Lipinski definition) is 4. The molecule has 360 valence electrons. The van der Waals surface area contributed by atoms with Crippen LogP contribution in [0.2, 0.25) is 0 Å². The van der Waals surface area contributed by atoms with Crippen LogP contribution < -0.4 is 21.8 Å². The van der Waals surface area contributed by atoms with Crippen LogP contribution in [0.5, 0.6) is 0 Å². The number of esters is 2. The Kier molecular flexibility index (Phi) is 12.6. The Morgan fingerprint density at radius 3 is 1.41 bits per heavy atom. The highest BCUT2D eigenvalue weighted by molar-refractivity contribution is 7.98. The summed E-state index contributed by atoms with van der Waals surface area (Å²) in [7, 11) is 0. The molecule has 6 heterocycles. The van der Waals surface area contributed by atoms with Gasteiger partial charge in [0.15, 0.2) is 21.9 Å². The molecule has 2 aliphatic carbocycles. The van der Waals surface area contributed by atoms with E-state index in [1.165, 1.54) is 46.2 Å². The molecule has 0 amide bonds. The topological polar surface area (TPSA) is 202 Å². The number of nitrogens with one attached hydrogen (secondary N) is 4. The molecule has 18 heteroatoms. The molecule has 0 fully saturated rings. The lowest BCUT2D eigenvalue weighted by Gasteiger charge is -2.38. The fourth-order valence-electron chi connectivity index (χ4n) is 10.2. The number of carbonyl (C=O) groups is 4. The number of rotatable bonds is 12. The zero-order valence-electron chi connectivity index (χ0n) is 39.4. The van der Waals surface area contributed by atoms with Gasteiger partial charge in [0.1, 0.15) is 21.4 Å². The average Bonchev–Trinajstić information content (AvgIpc) is 3.85. The van der Waals surface area contributed by atoms with Crippen molar-refractivity contribution >= 4 is 90.7 Å². The Bertz CT molecular complexity index is 3130. The minimum absolute atomic E-state index is 0.00405. The van der Waals surface area contributed by atoms with Crippen molar-refractivity contribution in [1.82, 2.24) is 19.9 Å². The number of thioether (sulfide) groups is 2. The van der Waals surface area contributed by atoms with Crippen LogP contribution in [0.1, 0.15) is 132 Å². The summed E-state index contributed by atoms with van der Waals surface area (Å²) in [6, 6.07) is 19.0. The van der Waals surface area contributed by atoms with Crippen molar-refractivity contribution in [1.29, 1.82) is 0 Å². The molecule has 2 atom stereocenters. The number of aromatic amines is 2. The van der Waals surface area contributed by atoms with Crippen LogP contribution in [0.15, 0.2) is 103 Å². The Labute approximate surface area is 419 Å². The highest BCUT2D eigenvalue weighted by Crippen LogP contribution is 2.51. The molecule has 0 saturated heterocycles. The first-order valence-electron chi connectivity index (χ1n) is 23.2. The van der Waals surface area contributed by atoms with Crippen molar-refractivity contribution in [2.24, 2.45) is 10.8 Å². The molecule has 2 unspecified atom stereocenters. The van der Waals surface area contributed by atoms with Gasteiger partial charge in [0, 0.05) is 64.1 Å². The molecule has 6 aromatic rings. The van der Waals surface area contributed by atoms with Gasteiger partial charge >= 0.3 is 11.9 Å². The number of carbonyl (C=O) groups excluding carboxylic acids is 4. The normalized spacial score (nSPS) is 18.9. The van der Waals surface area contributed by atoms with E-state index in [1.807, 2.05) is 60.7 Å². The van der Waals surface area contributed by atoms with Crippen LogP contribution in [-0.4, -0.2) is 56.7 Å². The second-order valence-corrected chi connectivity index (χ2v) is 23.6. The van der Waals surface area contributed by atoms with Gasteiger partial charge in [-0.05, 0) is 59.8 Å². The number of hydrogen-bond acceptors (Lipinski definition) is 16. The molecule has 4 aromatic heterocycles. The molecule has 2 aliphatic heterocycles. The van der Waals surface area contributed by atoms with Crippen molar-refractivity contribution < 1.29 is 28.7 Å². The Morgan fingerprint density at radius 1 is 0.629 bits per heavy atom. The minimum Gasteiger partial charge on any atom is -0.462 e. The number of Topliss-reactive ketones (excluding diaryl/α,β-unsaturated/α-hetero) is 2. The first-order valence-corrected chi connectivity index (χ1v) is 26.8. The lowest BCUT2D eigenvalue weighted by Crippen LogP contribution is -2.37. The molecule has 70 heavy (non-hydrogen) atoms. The van der Waals surface area contributed by atoms with Gasteiger partial charge in [-0.3, -0.25) is 19.2 Å². The Balaban J connectivity index is 1.02. The molecule has 0 spiro atoms. The molecule has 0 saturated carbocycles. The number of ketones is 2. The number of allylic oxidation sites excluding steroid dienone is 4. The predicted molar refractivity (Wildman–Crippen MR) is 274 cm³/mol. The van der Waals surface area contributed by atoms with Gasteiger partial charge in [0.05, 0.1) is 28.4 Å². The van der Waals surface area contributed by atoms with Crippen LogP contribution in [0, 0.1) is 10.8 Å². The van der Waals surface area contributed by atoms with Crippen molar-refractivity contribution in [3.63, 3.8) is 0 Å². The van der Waals surface area contributed by atoms with E-state index in [0.717, 1.165) is 22.5 Å². The fourth-order valence-corrected chi connectivity index (χ4v) is 14.8. The molecule has 0 radical (unpaired) electrons. The molecule has 14 nitrogen and oxygen atoms in total. The molecular weight excluding hydrogens is 965 g/mol. The number of aromatic nitrogens is 4. The smallest absolute Gasteiger partial charge is 0.348 e. The van der Waals surface area contributed by atoms with Crippen LogP contribution in [0.4, 0.5) is 11.6 Å². The maximum absolute atomic E-state index is 14.3. The largest absolute Gasteiger partial charge is 0.462 e. The van der Waals surface area contributed by atoms with Gasteiger partial charge in [-0.15, -0.1) is 22.7 Å². The van der Waals surface area contributed by atoms with Gasteiger partial charge < -0.3 is 30.1 Å². The molecule has 10 rings (SSSR count). The number of ether oxygens (including phenoxy) is 2. The summed E-state index contributed by atoms with van der Waals surface area (Å²) in [6.07, 6.45) is 1.92. The third kappa shape index (κ3) is 8.76. The number of H-pyrrole nitrogens is 2. The summed E-state index contributed by atoms with van der Waals surface area (Å²) in [4.78, 5) is 100. The summed E-state index contributed by atoms with van der Waals surface area (Å²) in [5.41, 5.74) is 4.85. The Hall–Kier alpha value is -6.08. The van der Waals surface area contributed by atoms with E-state index in [4.69, 9.17) is 19.4 Å². The number of anilines is 2. The lowest BCUT2D eigenvalue weighted by molar-refractivity contribution is -0.119. The monoisotopic (exact) mass is 1010 g/mol. The summed E-state index contributed by atoms with van der Waals surface area (Å²) in [5.74, 6) is -1.23. The maximum atomic E-state index is 14.3. The van der Waals surface area contributed by atoms with Crippen LogP contribution >= 0.6 is 46.2 Å². The number of benzene rings is 2. The van der Waals surface area contributed by atoms with E-state index >= 15 is 0 Å². The van der Waals surface area contributed by atoms with E-state index in [9.17, 15) is 28.8 Å². The standard InChI is InChI=1S/C52H50N6O8S4/c1-7-65-46(63)40-27(23-67-49-55-42-38(44(61)57-49)33(25-15-11-9-12-16-25)36-29(53-42)19-51(3,4)21-31(36)59)35-28(41(47(64)66-8-2)70-48(35)69-40)24-68-50-56-43-39(45(62)58-50)34(26-17-13-10-14-18-26)37-30(54-43)20-52(5,6)22-32(37)60/h9-18,33-34H,7-8,19-24H2,1-6H3,(H2,53,55,57,61)(H2,54,56,58,62). The van der Waals surface area contributed by atoms with Crippen molar-refractivity contribution in [2.75, 3.05) is 23.8 Å². The first-order chi connectivity index (χ1) is 33.5. The molecule has 0 bridgehead atoms. The number of nitrogens with zero attached hydrogens (tertiary/aromatic N) is 2. The van der Waals surface area contributed by atoms with Gasteiger partial charge in [-0.2, -0.15) is 0 Å². The van der Waals surface area contributed by atoms with Crippen LogP contribution in [0.3, 0.4) is 0 Å². The molecule has 4 aliphatic rings. The second kappa shape index (κ2) is 18.6. The minimum atomic E-state index is -0.607. The first kappa shape index (κ1) is 47.6. The number of fused-ring (bicyclic) bond motifs is 3. The van der Waals surface area contributed by atoms with Gasteiger partial charge in [-0.25, -0.2) is 19.6 Å². The van der Waals surface area contributed by atoms with Crippen LogP contribution in [-0.2, 0) is 30.6 Å². The zero-order valence-corrected chi connectivity index (χ0v) is 42.6. The van der Waals surface area contributed by atoms with Gasteiger partial charge in [0.2, 0.25) is 0 Å². The summed E-state index contributed by atoms with van der Waals surface area (Å²) >= 11 is 4.89. The third-order valence-electron chi connectivity index (χ3n) is 13.0. The third-order valence-corrected chi connectivity index (χ3v) is 17.4. The van der Waals surface area contributed by atoms with Crippen molar-refractivity contribution in [2.45, 2.75) is 101 Å².